The highest BCUT2D eigenvalue weighted by Crippen LogP contribution is 2.52. The Morgan fingerprint density at radius 1 is 1.19 bits per heavy atom. The second-order valence-electron chi connectivity index (χ2n) is 8.50. The van der Waals surface area contributed by atoms with Crippen LogP contribution in [0.4, 0.5) is 11.4 Å². The third-order valence-electron chi connectivity index (χ3n) is 5.75. The van der Waals surface area contributed by atoms with Crippen molar-refractivity contribution >= 4 is 23.0 Å². The van der Waals surface area contributed by atoms with Gasteiger partial charge in [-0.3, -0.25) is 10.1 Å². The fourth-order valence-electron chi connectivity index (χ4n) is 4.27. The minimum atomic E-state index is -0.378. The molecule has 0 aromatic heterocycles. The lowest BCUT2D eigenvalue weighted by Gasteiger charge is -2.38. The minimum Gasteiger partial charge on any atom is -0.376 e. The Labute approximate surface area is 164 Å². The van der Waals surface area contributed by atoms with Crippen molar-refractivity contribution in [3.63, 3.8) is 0 Å². The highest BCUT2D eigenvalue weighted by molar-refractivity contribution is 6.33. The zero-order chi connectivity index (χ0) is 19.3. The lowest BCUT2D eigenvalue weighted by Crippen LogP contribution is -2.29. The van der Waals surface area contributed by atoms with Gasteiger partial charge in [-0.05, 0) is 34.4 Å². The summed E-state index contributed by atoms with van der Waals surface area (Å²) in [6, 6.07) is 12.0. The first-order valence-corrected chi connectivity index (χ1v) is 9.65. The standard InChI is InChI=1S/C22H23ClN2O2/c1-22(2,3)14-9-7-13(8-10-14)20-17-6-4-5-16(17)18-11-15(25(26)27)12-19(23)21(18)24-20/h4-5,7-12,16-17,20,24H,6H2,1-3H3/t16-,17+,20-/m0/s1. The van der Waals surface area contributed by atoms with Gasteiger partial charge in [-0.1, -0.05) is 68.8 Å². The van der Waals surface area contributed by atoms with Crippen molar-refractivity contribution in [1.29, 1.82) is 0 Å². The van der Waals surface area contributed by atoms with Crippen LogP contribution in [0, 0.1) is 16.0 Å². The zero-order valence-electron chi connectivity index (χ0n) is 15.7. The number of halogens is 1. The van der Waals surface area contributed by atoms with E-state index in [0.29, 0.717) is 10.9 Å². The molecule has 140 valence electrons. The maximum Gasteiger partial charge on any atom is 0.271 e. The Hall–Kier alpha value is -2.33. The van der Waals surface area contributed by atoms with E-state index >= 15 is 0 Å². The average Bonchev–Trinajstić information content (AvgIpc) is 3.10. The Bertz CT molecular complexity index is 929. The van der Waals surface area contributed by atoms with Gasteiger partial charge in [0.25, 0.3) is 5.69 Å². The molecule has 2 aromatic rings. The summed E-state index contributed by atoms with van der Waals surface area (Å²) in [6.07, 6.45) is 5.29. The molecular weight excluding hydrogens is 360 g/mol. The molecule has 0 saturated carbocycles. The smallest absolute Gasteiger partial charge is 0.271 e. The molecule has 4 rings (SSSR count). The fourth-order valence-corrected chi connectivity index (χ4v) is 4.54. The van der Waals surface area contributed by atoms with Gasteiger partial charge in [0.15, 0.2) is 0 Å². The molecule has 5 heteroatoms. The Balaban J connectivity index is 1.75. The minimum absolute atomic E-state index is 0.0487. The van der Waals surface area contributed by atoms with Crippen LogP contribution in [-0.2, 0) is 5.41 Å². The summed E-state index contributed by atoms with van der Waals surface area (Å²) in [6.45, 7) is 6.63. The summed E-state index contributed by atoms with van der Waals surface area (Å²) in [7, 11) is 0. The van der Waals surface area contributed by atoms with E-state index in [-0.39, 0.29) is 28.0 Å². The van der Waals surface area contributed by atoms with E-state index in [9.17, 15) is 10.1 Å². The molecule has 4 nitrogen and oxygen atoms in total. The third-order valence-corrected chi connectivity index (χ3v) is 6.05. The topological polar surface area (TPSA) is 55.2 Å². The first kappa shape index (κ1) is 18.1. The number of nitrogens with one attached hydrogen (secondary N) is 1. The van der Waals surface area contributed by atoms with Gasteiger partial charge >= 0.3 is 0 Å². The normalized spacial score (nSPS) is 23.5. The first-order chi connectivity index (χ1) is 12.8. The van der Waals surface area contributed by atoms with E-state index in [1.54, 1.807) is 6.07 Å². The van der Waals surface area contributed by atoms with Crippen LogP contribution in [0.15, 0.2) is 48.6 Å². The van der Waals surface area contributed by atoms with Gasteiger partial charge in [0.05, 0.1) is 21.7 Å². The summed E-state index contributed by atoms with van der Waals surface area (Å²) >= 11 is 6.43. The molecule has 0 saturated heterocycles. The monoisotopic (exact) mass is 382 g/mol. The van der Waals surface area contributed by atoms with Gasteiger partial charge in [-0.25, -0.2) is 0 Å². The number of hydrogen-bond donors (Lipinski definition) is 1. The predicted molar refractivity (Wildman–Crippen MR) is 110 cm³/mol. The molecule has 0 unspecified atom stereocenters. The highest BCUT2D eigenvalue weighted by atomic mass is 35.5. The van der Waals surface area contributed by atoms with Gasteiger partial charge < -0.3 is 5.32 Å². The van der Waals surface area contributed by atoms with E-state index in [2.05, 4.69) is 62.5 Å². The van der Waals surface area contributed by atoms with Crippen LogP contribution in [-0.4, -0.2) is 4.92 Å². The van der Waals surface area contributed by atoms with Crippen LogP contribution in [0.25, 0.3) is 0 Å². The van der Waals surface area contributed by atoms with Gasteiger partial charge in [-0.15, -0.1) is 0 Å². The number of allylic oxidation sites excluding steroid dienone is 2. The lowest BCUT2D eigenvalue weighted by molar-refractivity contribution is -0.384. The van der Waals surface area contributed by atoms with Gasteiger partial charge in [0, 0.05) is 18.1 Å². The molecule has 0 amide bonds. The van der Waals surface area contributed by atoms with Crippen LogP contribution >= 0.6 is 11.6 Å². The number of rotatable bonds is 2. The lowest BCUT2D eigenvalue weighted by atomic mass is 9.76. The van der Waals surface area contributed by atoms with Crippen molar-refractivity contribution in [2.24, 2.45) is 5.92 Å². The highest BCUT2D eigenvalue weighted by Gasteiger charge is 2.39. The number of benzene rings is 2. The van der Waals surface area contributed by atoms with Crippen molar-refractivity contribution in [2.75, 3.05) is 5.32 Å². The molecule has 0 spiro atoms. The van der Waals surface area contributed by atoms with E-state index in [1.807, 2.05) is 0 Å². The number of non-ortho nitro benzene ring substituents is 1. The number of fused-ring (bicyclic) bond motifs is 3. The zero-order valence-corrected chi connectivity index (χ0v) is 16.5. The molecule has 0 bridgehead atoms. The average molecular weight is 383 g/mol. The molecule has 3 atom stereocenters. The summed E-state index contributed by atoms with van der Waals surface area (Å²) in [5, 5.41) is 15.2. The van der Waals surface area contributed by atoms with Crippen molar-refractivity contribution in [2.45, 2.75) is 44.6 Å². The molecule has 2 aliphatic rings. The number of anilines is 1. The van der Waals surface area contributed by atoms with E-state index < -0.39 is 0 Å². The van der Waals surface area contributed by atoms with Gasteiger partial charge in [0.2, 0.25) is 0 Å². The van der Waals surface area contributed by atoms with Gasteiger partial charge in [0.1, 0.15) is 0 Å². The summed E-state index contributed by atoms with van der Waals surface area (Å²) in [5.41, 5.74) is 4.44. The molecule has 0 radical (unpaired) electrons. The number of nitro benzene ring substituents is 1. The van der Waals surface area contributed by atoms with Crippen molar-refractivity contribution in [1.82, 2.24) is 0 Å². The van der Waals surface area contributed by atoms with Crippen LogP contribution < -0.4 is 5.32 Å². The van der Waals surface area contributed by atoms with Crippen LogP contribution in [0.1, 0.15) is 55.8 Å². The van der Waals surface area contributed by atoms with Crippen molar-refractivity contribution in [3.8, 4) is 0 Å². The molecule has 27 heavy (non-hydrogen) atoms. The fraction of sp³-hybridized carbons (Fsp3) is 0.364. The van der Waals surface area contributed by atoms with E-state index in [1.165, 1.54) is 17.2 Å². The van der Waals surface area contributed by atoms with Crippen LogP contribution in [0.2, 0.25) is 5.02 Å². The molecule has 1 N–H and O–H groups in total. The number of nitrogens with zero attached hydrogens (tertiary/aromatic N) is 1. The summed E-state index contributed by atoms with van der Waals surface area (Å²) < 4.78 is 0. The largest absolute Gasteiger partial charge is 0.376 e. The Morgan fingerprint density at radius 2 is 1.89 bits per heavy atom. The first-order valence-electron chi connectivity index (χ1n) is 9.27. The Morgan fingerprint density at radius 3 is 2.52 bits per heavy atom. The SMILES string of the molecule is CC(C)(C)c1ccc([C@@H]2Nc3c(Cl)cc([N+](=O)[O-])cc3[C@H]3C=CC[C@H]32)cc1. The van der Waals surface area contributed by atoms with Crippen LogP contribution in [0.3, 0.4) is 0 Å². The third kappa shape index (κ3) is 3.12. The molecule has 1 aliphatic heterocycles. The number of hydrogen-bond acceptors (Lipinski definition) is 3. The second-order valence-corrected chi connectivity index (χ2v) is 8.90. The molecule has 2 aromatic carbocycles. The predicted octanol–water partition coefficient (Wildman–Crippen LogP) is 6.37. The maximum atomic E-state index is 11.2. The summed E-state index contributed by atoms with van der Waals surface area (Å²) in [5.74, 6) is 0.474. The van der Waals surface area contributed by atoms with Crippen molar-refractivity contribution < 1.29 is 4.92 Å². The molecular formula is C22H23ClN2O2. The quantitative estimate of drug-likeness (QED) is 0.373. The van der Waals surface area contributed by atoms with Gasteiger partial charge in [-0.2, -0.15) is 0 Å². The van der Waals surface area contributed by atoms with Crippen molar-refractivity contribution in [3.05, 3.63) is 80.4 Å². The van der Waals surface area contributed by atoms with Crippen LogP contribution in [0.5, 0.6) is 0 Å². The number of nitro groups is 1. The molecule has 1 heterocycles. The molecule has 0 fully saturated rings. The Kier molecular flexibility index (Phi) is 4.26. The summed E-state index contributed by atoms with van der Waals surface area (Å²) in [4.78, 5) is 10.9. The second kappa shape index (κ2) is 6.38. The van der Waals surface area contributed by atoms with E-state index in [4.69, 9.17) is 11.6 Å². The van der Waals surface area contributed by atoms with E-state index in [0.717, 1.165) is 17.7 Å². The maximum absolute atomic E-state index is 11.2. The molecule has 1 aliphatic carbocycles.